The van der Waals surface area contributed by atoms with Crippen molar-refractivity contribution in [2.45, 2.75) is 45.3 Å². The molecule has 2 aliphatic rings. The van der Waals surface area contributed by atoms with Crippen LogP contribution in [0.3, 0.4) is 0 Å². The number of pyridine rings is 1. The van der Waals surface area contributed by atoms with E-state index < -0.39 is 17.2 Å². The maximum Gasteiger partial charge on any atom is 0.341 e. The van der Waals surface area contributed by atoms with Gasteiger partial charge in [-0.05, 0) is 40.3 Å². The lowest BCUT2D eigenvalue weighted by molar-refractivity contribution is 0.0694. The lowest BCUT2D eigenvalue weighted by Crippen LogP contribution is -2.55. The number of nitrogens with zero attached hydrogens (tertiary/aromatic N) is 3. The molecule has 27 heavy (non-hydrogen) atoms. The van der Waals surface area contributed by atoms with Crippen LogP contribution in [-0.2, 0) is 6.42 Å². The van der Waals surface area contributed by atoms with Crippen LogP contribution in [0.25, 0.3) is 10.9 Å². The number of aromatic nitrogens is 1. The van der Waals surface area contributed by atoms with Gasteiger partial charge in [-0.2, -0.15) is 0 Å². The van der Waals surface area contributed by atoms with Crippen LogP contribution in [0.4, 0.5) is 10.1 Å². The Kier molecular flexibility index (Phi) is 4.03. The molecule has 2 aliphatic heterocycles. The second-order valence-corrected chi connectivity index (χ2v) is 7.99. The molecule has 6 nitrogen and oxygen atoms in total. The summed E-state index contributed by atoms with van der Waals surface area (Å²) in [5, 5.41) is 9.50. The molecule has 1 N–H and O–H groups in total. The van der Waals surface area contributed by atoms with Crippen LogP contribution in [-0.4, -0.2) is 52.8 Å². The average Bonchev–Trinajstić information content (AvgIpc) is 2.91. The highest BCUT2D eigenvalue weighted by molar-refractivity contribution is 5.96. The molecule has 0 amide bonds. The third-order valence-electron chi connectivity index (χ3n) is 6.22. The van der Waals surface area contributed by atoms with Crippen molar-refractivity contribution in [2.24, 2.45) is 0 Å². The van der Waals surface area contributed by atoms with Gasteiger partial charge in [-0.1, -0.05) is 0 Å². The Bertz CT molecular complexity index is 1000. The molecule has 1 aromatic carbocycles. The first-order valence-electron chi connectivity index (χ1n) is 9.31. The van der Waals surface area contributed by atoms with Gasteiger partial charge in [0.1, 0.15) is 11.4 Å². The fourth-order valence-corrected chi connectivity index (χ4v) is 4.57. The molecule has 3 atom stereocenters. The van der Waals surface area contributed by atoms with E-state index in [1.807, 2.05) is 11.5 Å². The van der Waals surface area contributed by atoms with Crippen LogP contribution in [0.2, 0.25) is 0 Å². The molecule has 144 valence electrons. The van der Waals surface area contributed by atoms with Gasteiger partial charge in [-0.25, -0.2) is 9.18 Å². The number of halogens is 1. The van der Waals surface area contributed by atoms with E-state index in [0.717, 1.165) is 5.56 Å². The molecule has 0 bridgehead atoms. The minimum Gasteiger partial charge on any atom is -0.477 e. The number of piperazine rings is 1. The number of carbonyl (C=O) groups is 1. The van der Waals surface area contributed by atoms with Gasteiger partial charge in [0, 0.05) is 48.4 Å². The molecule has 1 fully saturated rings. The average molecular weight is 373 g/mol. The van der Waals surface area contributed by atoms with Crippen molar-refractivity contribution in [1.29, 1.82) is 0 Å². The molecule has 0 spiro atoms. The summed E-state index contributed by atoms with van der Waals surface area (Å²) >= 11 is 0. The monoisotopic (exact) mass is 373 g/mol. The minimum atomic E-state index is -1.28. The summed E-state index contributed by atoms with van der Waals surface area (Å²) in [6, 6.07) is 1.77. The van der Waals surface area contributed by atoms with Crippen LogP contribution in [0.5, 0.6) is 0 Å². The van der Waals surface area contributed by atoms with Gasteiger partial charge in [0.15, 0.2) is 0 Å². The first kappa shape index (κ1) is 18.0. The van der Waals surface area contributed by atoms with Crippen LogP contribution in [0.15, 0.2) is 17.1 Å². The van der Waals surface area contributed by atoms with E-state index in [4.69, 9.17) is 0 Å². The molecule has 1 aromatic heterocycles. The quantitative estimate of drug-likeness (QED) is 0.876. The standard InChI is InChI=1S/C20H24FN3O3/c1-10-5-13-17-14(19(25)15(20(26)27)9-24(10)17)6-16(21)18(13)23-7-11(2)22(4)12(3)8-23/h6,9-12H,5,7-8H2,1-4H3,(H,26,27). The van der Waals surface area contributed by atoms with Gasteiger partial charge in [-0.15, -0.1) is 0 Å². The zero-order valence-corrected chi connectivity index (χ0v) is 16.0. The number of likely N-dealkylation sites (N-methyl/N-ethyl adjacent to an activating group) is 1. The second-order valence-electron chi connectivity index (χ2n) is 7.99. The van der Waals surface area contributed by atoms with Gasteiger partial charge in [0.2, 0.25) is 5.43 Å². The van der Waals surface area contributed by atoms with Crippen molar-refractivity contribution >= 4 is 22.6 Å². The molecule has 2 aromatic rings. The topological polar surface area (TPSA) is 65.8 Å². The van der Waals surface area contributed by atoms with Gasteiger partial charge in [0.25, 0.3) is 0 Å². The molecule has 7 heteroatoms. The van der Waals surface area contributed by atoms with Crippen molar-refractivity contribution in [2.75, 3.05) is 25.0 Å². The summed E-state index contributed by atoms with van der Waals surface area (Å²) in [6.07, 6.45) is 1.99. The summed E-state index contributed by atoms with van der Waals surface area (Å²) in [4.78, 5) is 28.4. The number of benzene rings is 1. The number of carboxylic acids is 1. The van der Waals surface area contributed by atoms with Crippen molar-refractivity contribution in [1.82, 2.24) is 9.47 Å². The third-order valence-corrected chi connectivity index (χ3v) is 6.22. The van der Waals surface area contributed by atoms with E-state index in [1.54, 1.807) is 0 Å². The molecule has 3 heterocycles. The van der Waals surface area contributed by atoms with Gasteiger partial charge >= 0.3 is 5.97 Å². The Labute approximate surface area is 156 Å². The largest absolute Gasteiger partial charge is 0.477 e. The van der Waals surface area contributed by atoms with Gasteiger partial charge < -0.3 is 14.6 Å². The van der Waals surface area contributed by atoms with Crippen molar-refractivity contribution in [3.05, 3.63) is 39.4 Å². The Morgan fingerprint density at radius 3 is 2.41 bits per heavy atom. The summed E-state index contributed by atoms with van der Waals surface area (Å²) in [5.74, 6) is -1.72. The SMILES string of the molecule is CC1CN(c2c(F)cc3c(=O)c(C(=O)O)cn4c3c2CC4C)CC(C)N1C. The molecular weight excluding hydrogens is 349 g/mol. The van der Waals surface area contributed by atoms with Crippen molar-refractivity contribution < 1.29 is 14.3 Å². The van der Waals surface area contributed by atoms with E-state index in [2.05, 4.69) is 30.7 Å². The Balaban J connectivity index is 1.96. The molecule has 3 unspecified atom stereocenters. The molecular formula is C20H24FN3O3. The van der Waals surface area contributed by atoms with Crippen LogP contribution >= 0.6 is 0 Å². The molecule has 0 saturated carbocycles. The van der Waals surface area contributed by atoms with E-state index in [1.165, 1.54) is 12.3 Å². The van der Waals surface area contributed by atoms with Crippen molar-refractivity contribution in [3.8, 4) is 0 Å². The smallest absolute Gasteiger partial charge is 0.341 e. The molecule has 0 radical (unpaired) electrons. The van der Waals surface area contributed by atoms with E-state index in [-0.39, 0.29) is 29.1 Å². The Morgan fingerprint density at radius 2 is 1.81 bits per heavy atom. The lowest BCUT2D eigenvalue weighted by Gasteiger charge is -2.44. The van der Waals surface area contributed by atoms with E-state index >= 15 is 4.39 Å². The third kappa shape index (κ3) is 2.56. The Morgan fingerprint density at radius 1 is 1.19 bits per heavy atom. The zero-order chi connectivity index (χ0) is 19.6. The van der Waals surface area contributed by atoms with Crippen LogP contribution in [0, 0.1) is 5.82 Å². The fourth-order valence-electron chi connectivity index (χ4n) is 4.57. The maximum atomic E-state index is 15.2. The predicted octanol–water partition coefficient (Wildman–Crippen LogP) is 2.48. The van der Waals surface area contributed by atoms with Crippen LogP contribution in [0.1, 0.15) is 42.7 Å². The number of hydrogen-bond donors (Lipinski definition) is 1. The summed E-state index contributed by atoms with van der Waals surface area (Å²) in [5.41, 5.74) is 1.13. The number of anilines is 1. The molecule has 0 aliphatic carbocycles. The highest BCUT2D eigenvalue weighted by Gasteiger charge is 2.34. The number of rotatable bonds is 2. The normalized spacial score (nSPS) is 25.4. The predicted molar refractivity (Wildman–Crippen MR) is 102 cm³/mol. The first-order valence-corrected chi connectivity index (χ1v) is 9.31. The number of hydrogen-bond acceptors (Lipinski definition) is 4. The van der Waals surface area contributed by atoms with Crippen LogP contribution < -0.4 is 10.3 Å². The number of carboxylic acid groups (broad SMARTS) is 1. The summed E-state index contributed by atoms with van der Waals surface area (Å²) in [7, 11) is 2.08. The highest BCUT2D eigenvalue weighted by Crippen LogP contribution is 2.40. The van der Waals surface area contributed by atoms with E-state index in [0.29, 0.717) is 30.7 Å². The number of aromatic carboxylic acids is 1. The lowest BCUT2D eigenvalue weighted by atomic mass is 10.0. The molecule has 4 rings (SSSR count). The fraction of sp³-hybridized carbons (Fsp3) is 0.500. The second kappa shape index (κ2) is 6.05. The highest BCUT2D eigenvalue weighted by atomic mass is 19.1. The summed E-state index contributed by atoms with van der Waals surface area (Å²) in [6.45, 7) is 7.63. The molecule has 1 saturated heterocycles. The van der Waals surface area contributed by atoms with Gasteiger partial charge in [0.05, 0.1) is 11.2 Å². The first-order chi connectivity index (χ1) is 12.7. The Hall–Kier alpha value is -2.41. The van der Waals surface area contributed by atoms with E-state index in [9.17, 15) is 14.7 Å². The van der Waals surface area contributed by atoms with Gasteiger partial charge in [-0.3, -0.25) is 9.69 Å². The summed E-state index contributed by atoms with van der Waals surface area (Å²) < 4.78 is 17.0. The minimum absolute atomic E-state index is 0.0240. The maximum absolute atomic E-state index is 15.2. The van der Waals surface area contributed by atoms with Crippen molar-refractivity contribution in [3.63, 3.8) is 0 Å². The zero-order valence-electron chi connectivity index (χ0n) is 16.0.